The fourth-order valence-electron chi connectivity index (χ4n) is 2.03. The van der Waals surface area contributed by atoms with Crippen molar-refractivity contribution in [2.45, 2.75) is 31.1 Å². The maximum absolute atomic E-state index is 11.4. The summed E-state index contributed by atoms with van der Waals surface area (Å²) in [4.78, 5) is 0.278. The minimum atomic E-state index is -3.59. The van der Waals surface area contributed by atoms with E-state index in [1.54, 1.807) is 12.1 Å². The topological polar surface area (TPSA) is 60.2 Å². The van der Waals surface area contributed by atoms with Gasteiger partial charge in [0.05, 0.1) is 4.90 Å². The van der Waals surface area contributed by atoms with Crippen LogP contribution in [0, 0.1) is 5.41 Å². The van der Waals surface area contributed by atoms with Crippen LogP contribution in [0.5, 0.6) is 0 Å². The van der Waals surface area contributed by atoms with Crippen LogP contribution in [-0.4, -0.2) is 8.42 Å². The zero-order valence-electron chi connectivity index (χ0n) is 8.90. The van der Waals surface area contributed by atoms with Gasteiger partial charge in [0, 0.05) is 0 Å². The Morgan fingerprint density at radius 3 is 2.33 bits per heavy atom. The second kappa shape index (κ2) is 3.06. The lowest BCUT2D eigenvalue weighted by molar-refractivity contribution is 0.592. The molecule has 1 aromatic carbocycles. The van der Waals surface area contributed by atoms with Gasteiger partial charge in [0.25, 0.3) is 0 Å². The van der Waals surface area contributed by atoms with Gasteiger partial charge in [0.1, 0.15) is 0 Å². The molecule has 1 aliphatic rings. The highest BCUT2D eigenvalue weighted by Gasteiger charge is 2.47. The normalized spacial score (nSPS) is 23.8. The van der Waals surface area contributed by atoms with Gasteiger partial charge in [-0.1, -0.05) is 32.0 Å². The Kier molecular flexibility index (Phi) is 2.17. The standard InChI is InChI=1S/C11H15NO2S/c1-11(2)7-9(11)8-5-3-4-6-10(8)15(12,13)14/h3-6,9H,7H2,1-2H3,(H2,12,13,14). The molecular formula is C11H15NO2S. The van der Waals surface area contributed by atoms with Crippen molar-refractivity contribution in [2.75, 3.05) is 0 Å². The van der Waals surface area contributed by atoms with Crippen LogP contribution in [0.2, 0.25) is 0 Å². The summed E-state index contributed by atoms with van der Waals surface area (Å²) in [7, 11) is -3.59. The molecule has 3 nitrogen and oxygen atoms in total. The van der Waals surface area contributed by atoms with Crippen LogP contribution >= 0.6 is 0 Å². The molecule has 0 aromatic heterocycles. The molecule has 0 aliphatic heterocycles. The maximum Gasteiger partial charge on any atom is 0.238 e. The fourth-order valence-corrected chi connectivity index (χ4v) is 2.83. The smallest absolute Gasteiger partial charge is 0.225 e. The molecule has 0 amide bonds. The van der Waals surface area contributed by atoms with Crippen LogP contribution in [0.4, 0.5) is 0 Å². The first-order chi connectivity index (χ1) is 6.82. The van der Waals surface area contributed by atoms with Crippen LogP contribution in [-0.2, 0) is 10.0 Å². The molecule has 1 saturated carbocycles. The lowest BCUT2D eigenvalue weighted by Crippen LogP contribution is -2.14. The molecule has 1 unspecified atom stereocenters. The zero-order chi connectivity index (χ0) is 11.3. The number of primary sulfonamides is 1. The van der Waals surface area contributed by atoms with E-state index in [1.165, 1.54) is 0 Å². The van der Waals surface area contributed by atoms with Gasteiger partial charge in [-0.15, -0.1) is 0 Å². The quantitative estimate of drug-likeness (QED) is 0.835. The summed E-state index contributed by atoms with van der Waals surface area (Å²) in [6.45, 7) is 4.27. The van der Waals surface area contributed by atoms with Crippen molar-refractivity contribution in [2.24, 2.45) is 10.6 Å². The van der Waals surface area contributed by atoms with Crippen molar-refractivity contribution in [3.05, 3.63) is 29.8 Å². The van der Waals surface area contributed by atoms with Crippen LogP contribution in [0.1, 0.15) is 31.7 Å². The second-order valence-corrected chi connectivity index (χ2v) is 6.36. The monoisotopic (exact) mass is 225 g/mol. The van der Waals surface area contributed by atoms with Crippen molar-refractivity contribution in [3.8, 4) is 0 Å². The minimum absolute atomic E-state index is 0.209. The molecule has 15 heavy (non-hydrogen) atoms. The van der Waals surface area contributed by atoms with E-state index in [1.807, 2.05) is 12.1 Å². The number of rotatable bonds is 2. The summed E-state index contributed by atoms with van der Waals surface area (Å²) in [6.07, 6.45) is 1.03. The molecule has 0 saturated heterocycles. The minimum Gasteiger partial charge on any atom is -0.225 e. The van der Waals surface area contributed by atoms with E-state index in [9.17, 15) is 8.42 Å². The van der Waals surface area contributed by atoms with E-state index >= 15 is 0 Å². The SMILES string of the molecule is CC1(C)CC1c1ccccc1S(N)(=O)=O. The summed E-state index contributed by atoms with van der Waals surface area (Å²) >= 11 is 0. The fraction of sp³-hybridized carbons (Fsp3) is 0.455. The van der Waals surface area contributed by atoms with Crippen molar-refractivity contribution in [1.82, 2.24) is 0 Å². The molecule has 0 radical (unpaired) electrons. The van der Waals surface area contributed by atoms with Crippen LogP contribution < -0.4 is 5.14 Å². The number of nitrogens with two attached hydrogens (primary N) is 1. The number of sulfonamides is 1. The van der Waals surface area contributed by atoms with E-state index in [2.05, 4.69) is 13.8 Å². The molecule has 0 spiro atoms. The predicted octanol–water partition coefficient (Wildman–Crippen LogP) is 1.85. The third-order valence-corrected chi connectivity index (χ3v) is 4.10. The lowest BCUT2D eigenvalue weighted by Gasteiger charge is -2.08. The number of hydrogen-bond donors (Lipinski definition) is 1. The Balaban J connectivity index is 2.50. The largest absolute Gasteiger partial charge is 0.238 e. The first-order valence-corrected chi connectivity index (χ1v) is 6.49. The zero-order valence-corrected chi connectivity index (χ0v) is 9.71. The third kappa shape index (κ3) is 1.92. The van der Waals surface area contributed by atoms with Gasteiger partial charge in [-0.3, -0.25) is 0 Å². The molecule has 4 heteroatoms. The molecule has 2 N–H and O–H groups in total. The highest BCUT2D eigenvalue weighted by molar-refractivity contribution is 7.89. The van der Waals surface area contributed by atoms with Crippen molar-refractivity contribution >= 4 is 10.0 Å². The number of hydrogen-bond acceptors (Lipinski definition) is 2. The Bertz CT molecular complexity index is 491. The summed E-state index contributed by atoms with van der Waals surface area (Å²) in [5.41, 5.74) is 1.07. The molecule has 1 aromatic rings. The third-order valence-electron chi connectivity index (χ3n) is 3.11. The average Bonchev–Trinajstić information content (AvgIpc) is 2.74. The van der Waals surface area contributed by atoms with Gasteiger partial charge in [-0.05, 0) is 29.4 Å². The summed E-state index contributed by atoms with van der Waals surface area (Å²) in [5, 5.41) is 5.18. The van der Waals surface area contributed by atoms with E-state index < -0.39 is 10.0 Å². The van der Waals surface area contributed by atoms with Crippen molar-refractivity contribution in [1.29, 1.82) is 0 Å². The molecular weight excluding hydrogens is 210 g/mol. The molecule has 2 rings (SSSR count). The summed E-state index contributed by atoms with van der Waals surface area (Å²) < 4.78 is 22.7. The highest BCUT2D eigenvalue weighted by Crippen LogP contribution is 2.59. The van der Waals surface area contributed by atoms with Crippen LogP contribution in [0.15, 0.2) is 29.2 Å². The van der Waals surface area contributed by atoms with E-state index in [-0.39, 0.29) is 10.3 Å². The van der Waals surface area contributed by atoms with Gasteiger partial charge < -0.3 is 0 Å². The average molecular weight is 225 g/mol. The lowest BCUT2D eigenvalue weighted by atomic mass is 10.0. The first kappa shape index (κ1) is 10.6. The van der Waals surface area contributed by atoms with E-state index in [0.717, 1.165) is 12.0 Å². The molecule has 0 bridgehead atoms. The van der Waals surface area contributed by atoms with Gasteiger partial charge in [-0.2, -0.15) is 0 Å². The Labute approximate surface area is 90.4 Å². The number of benzene rings is 1. The predicted molar refractivity (Wildman–Crippen MR) is 59.0 cm³/mol. The van der Waals surface area contributed by atoms with Crippen molar-refractivity contribution in [3.63, 3.8) is 0 Å². The Hall–Kier alpha value is -0.870. The molecule has 1 fully saturated rings. The molecule has 0 heterocycles. The van der Waals surface area contributed by atoms with Crippen LogP contribution in [0.25, 0.3) is 0 Å². The first-order valence-electron chi connectivity index (χ1n) is 4.94. The summed E-state index contributed by atoms with van der Waals surface area (Å²) in [5.74, 6) is 0.326. The van der Waals surface area contributed by atoms with Gasteiger partial charge >= 0.3 is 0 Å². The van der Waals surface area contributed by atoms with Crippen LogP contribution in [0.3, 0.4) is 0 Å². The van der Waals surface area contributed by atoms with Gasteiger partial charge in [-0.25, -0.2) is 13.6 Å². The van der Waals surface area contributed by atoms with Gasteiger partial charge in [0.2, 0.25) is 10.0 Å². The highest BCUT2D eigenvalue weighted by atomic mass is 32.2. The Morgan fingerprint density at radius 1 is 1.33 bits per heavy atom. The molecule has 82 valence electrons. The Morgan fingerprint density at radius 2 is 1.87 bits per heavy atom. The maximum atomic E-state index is 11.4. The van der Waals surface area contributed by atoms with E-state index in [0.29, 0.717) is 5.92 Å². The van der Waals surface area contributed by atoms with E-state index in [4.69, 9.17) is 5.14 Å². The van der Waals surface area contributed by atoms with Crippen molar-refractivity contribution < 1.29 is 8.42 Å². The summed E-state index contributed by atoms with van der Waals surface area (Å²) in [6, 6.07) is 7.01. The molecule has 1 aliphatic carbocycles. The molecule has 1 atom stereocenters. The second-order valence-electron chi connectivity index (χ2n) is 4.83. The van der Waals surface area contributed by atoms with Gasteiger partial charge in [0.15, 0.2) is 0 Å².